The number of halogens is 1. The number of thioether (sulfide) groups is 1. The van der Waals surface area contributed by atoms with Crippen molar-refractivity contribution in [3.8, 4) is 5.75 Å². The van der Waals surface area contributed by atoms with Crippen molar-refractivity contribution in [2.75, 3.05) is 29.4 Å². The number of amides is 1. The average molecular weight is 533 g/mol. The molecule has 0 aromatic heterocycles. The summed E-state index contributed by atoms with van der Waals surface area (Å²) in [5.41, 5.74) is 2.53. The summed E-state index contributed by atoms with van der Waals surface area (Å²) in [5.74, 6) is 1.92. The molecule has 0 aliphatic heterocycles. The Morgan fingerprint density at radius 3 is 2.37 bits per heavy atom. The van der Waals surface area contributed by atoms with Gasteiger partial charge in [0.1, 0.15) is 18.9 Å². The van der Waals surface area contributed by atoms with Crippen LogP contribution >= 0.6 is 23.4 Å². The van der Waals surface area contributed by atoms with Gasteiger partial charge in [0.2, 0.25) is 15.9 Å². The summed E-state index contributed by atoms with van der Waals surface area (Å²) in [7, 11) is -3.64. The summed E-state index contributed by atoms with van der Waals surface area (Å²) in [6, 6.07) is 24.2. The van der Waals surface area contributed by atoms with E-state index in [1.807, 2.05) is 54.6 Å². The van der Waals surface area contributed by atoms with Gasteiger partial charge in [-0.05, 0) is 53.6 Å². The number of nitrogens with zero attached hydrogens (tertiary/aromatic N) is 1. The van der Waals surface area contributed by atoms with Crippen molar-refractivity contribution in [2.45, 2.75) is 18.8 Å². The predicted molar refractivity (Wildman–Crippen MR) is 145 cm³/mol. The molecule has 35 heavy (non-hydrogen) atoms. The number of ether oxygens (including phenoxy) is 1. The number of sulfonamides is 1. The van der Waals surface area contributed by atoms with E-state index >= 15 is 0 Å². The van der Waals surface area contributed by atoms with Gasteiger partial charge >= 0.3 is 0 Å². The van der Waals surface area contributed by atoms with Crippen LogP contribution in [0.3, 0.4) is 0 Å². The fraction of sp³-hybridized carbons (Fsp3) is 0.269. The minimum absolute atomic E-state index is 0.282. The lowest BCUT2D eigenvalue weighted by atomic mass is 10.2. The smallest absolute Gasteiger partial charge is 0.240 e. The van der Waals surface area contributed by atoms with E-state index < -0.39 is 10.0 Å². The Balaban J connectivity index is 1.45. The van der Waals surface area contributed by atoms with Gasteiger partial charge in [-0.1, -0.05) is 60.1 Å². The van der Waals surface area contributed by atoms with Crippen molar-refractivity contribution in [3.05, 3.63) is 95.0 Å². The van der Waals surface area contributed by atoms with Crippen LogP contribution in [-0.4, -0.2) is 39.4 Å². The molecule has 6 nitrogen and oxygen atoms in total. The highest BCUT2D eigenvalue weighted by molar-refractivity contribution is 7.98. The second kappa shape index (κ2) is 13.4. The van der Waals surface area contributed by atoms with E-state index in [0.29, 0.717) is 24.6 Å². The van der Waals surface area contributed by atoms with Gasteiger partial charge in [-0.15, -0.1) is 0 Å². The van der Waals surface area contributed by atoms with Crippen molar-refractivity contribution in [2.24, 2.45) is 0 Å². The fourth-order valence-electron chi connectivity index (χ4n) is 3.24. The number of nitrogens with one attached hydrogen (secondary N) is 1. The van der Waals surface area contributed by atoms with Gasteiger partial charge < -0.3 is 10.1 Å². The largest absolute Gasteiger partial charge is 0.489 e. The molecule has 0 aliphatic rings. The standard InChI is InChI=1S/C26H29ClN2O4S2/c1-35(31,32)29(23-12-14-24(15-13-23)33-19-21-8-3-2-4-9-21)18-26(30)28-16-7-17-34-20-22-10-5-6-11-25(22)27/h2-6,8-15H,7,16-20H2,1H3,(H,28,30). The number of hydrogen-bond donors (Lipinski definition) is 1. The van der Waals surface area contributed by atoms with Crippen molar-refractivity contribution >= 4 is 45.0 Å². The van der Waals surface area contributed by atoms with Crippen LogP contribution in [0.1, 0.15) is 17.5 Å². The Morgan fingerprint density at radius 2 is 1.69 bits per heavy atom. The lowest BCUT2D eigenvalue weighted by molar-refractivity contribution is -0.119. The molecule has 0 saturated carbocycles. The van der Waals surface area contributed by atoms with Crippen LogP contribution in [0.4, 0.5) is 5.69 Å². The third-order valence-electron chi connectivity index (χ3n) is 5.06. The number of hydrogen-bond acceptors (Lipinski definition) is 5. The zero-order chi connectivity index (χ0) is 25.1. The fourth-order valence-corrected chi connectivity index (χ4v) is 5.34. The maximum atomic E-state index is 12.4. The number of anilines is 1. The number of rotatable bonds is 13. The Labute approximate surface area is 216 Å². The summed E-state index contributed by atoms with van der Waals surface area (Å²) in [6.07, 6.45) is 1.86. The second-order valence-electron chi connectivity index (χ2n) is 7.89. The Morgan fingerprint density at radius 1 is 1.00 bits per heavy atom. The van der Waals surface area contributed by atoms with Gasteiger partial charge in [-0.25, -0.2) is 8.42 Å². The first-order valence-corrected chi connectivity index (χ1v) is 14.5. The molecule has 0 radical (unpaired) electrons. The zero-order valence-electron chi connectivity index (χ0n) is 19.5. The normalized spacial score (nSPS) is 11.1. The molecule has 9 heteroatoms. The first-order chi connectivity index (χ1) is 16.8. The van der Waals surface area contributed by atoms with Crippen LogP contribution in [0.15, 0.2) is 78.9 Å². The van der Waals surface area contributed by atoms with E-state index in [1.54, 1.807) is 36.0 Å². The second-order valence-corrected chi connectivity index (χ2v) is 11.3. The quantitative estimate of drug-likeness (QED) is 0.309. The van der Waals surface area contributed by atoms with Gasteiger partial charge in [-0.3, -0.25) is 9.10 Å². The minimum atomic E-state index is -3.64. The van der Waals surface area contributed by atoms with Gasteiger partial charge in [0.05, 0.1) is 11.9 Å². The molecule has 3 aromatic rings. The van der Waals surface area contributed by atoms with E-state index in [-0.39, 0.29) is 12.5 Å². The summed E-state index contributed by atoms with van der Waals surface area (Å²) < 4.78 is 31.5. The van der Waals surface area contributed by atoms with Gasteiger partial charge in [-0.2, -0.15) is 11.8 Å². The molecule has 3 aromatic carbocycles. The molecule has 0 bridgehead atoms. The third kappa shape index (κ3) is 9.12. The molecule has 3 rings (SSSR count). The predicted octanol–water partition coefficient (Wildman–Crippen LogP) is 5.12. The summed E-state index contributed by atoms with van der Waals surface area (Å²) in [6.45, 7) is 0.600. The van der Waals surface area contributed by atoms with E-state index in [0.717, 1.165) is 44.6 Å². The van der Waals surface area contributed by atoms with E-state index in [4.69, 9.17) is 16.3 Å². The van der Waals surface area contributed by atoms with Crippen LogP contribution in [0.25, 0.3) is 0 Å². The minimum Gasteiger partial charge on any atom is -0.489 e. The first-order valence-electron chi connectivity index (χ1n) is 11.2. The molecule has 0 heterocycles. The molecule has 0 spiro atoms. The van der Waals surface area contributed by atoms with E-state index in [2.05, 4.69) is 5.32 Å². The molecule has 1 amide bonds. The maximum Gasteiger partial charge on any atom is 0.240 e. The molecule has 0 saturated heterocycles. The van der Waals surface area contributed by atoms with Gasteiger partial charge in [0, 0.05) is 17.3 Å². The Hall–Kier alpha value is -2.68. The lowest BCUT2D eigenvalue weighted by Crippen LogP contribution is -2.40. The molecule has 0 unspecified atom stereocenters. The number of carbonyl (C=O) groups excluding carboxylic acids is 1. The highest BCUT2D eigenvalue weighted by Crippen LogP contribution is 2.23. The lowest BCUT2D eigenvalue weighted by Gasteiger charge is -2.22. The maximum absolute atomic E-state index is 12.4. The van der Waals surface area contributed by atoms with Gasteiger partial charge in [0.15, 0.2) is 0 Å². The average Bonchev–Trinajstić information content (AvgIpc) is 2.85. The molecule has 0 fully saturated rings. The molecular weight excluding hydrogens is 504 g/mol. The van der Waals surface area contributed by atoms with Crippen LogP contribution in [-0.2, 0) is 27.2 Å². The summed E-state index contributed by atoms with van der Waals surface area (Å²) in [4.78, 5) is 12.4. The Kier molecular flexibility index (Phi) is 10.3. The monoisotopic (exact) mass is 532 g/mol. The zero-order valence-corrected chi connectivity index (χ0v) is 21.9. The van der Waals surface area contributed by atoms with Crippen LogP contribution in [0.5, 0.6) is 5.75 Å². The molecule has 1 N–H and O–H groups in total. The molecule has 186 valence electrons. The van der Waals surface area contributed by atoms with Crippen molar-refractivity contribution in [1.29, 1.82) is 0 Å². The van der Waals surface area contributed by atoms with Crippen molar-refractivity contribution < 1.29 is 17.9 Å². The van der Waals surface area contributed by atoms with Crippen molar-refractivity contribution in [1.82, 2.24) is 5.32 Å². The van der Waals surface area contributed by atoms with E-state index in [9.17, 15) is 13.2 Å². The molecule has 0 atom stereocenters. The Bertz CT molecular complexity index is 1190. The number of carbonyl (C=O) groups is 1. The molecule has 0 aliphatic carbocycles. The summed E-state index contributed by atoms with van der Waals surface area (Å²) in [5, 5.41) is 3.56. The SMILES string of the molecule is CS(=O)(=O)N(CC(=O)NCCCSCc1ccccc1Cl)c1ccc(OCc2ccccc2)cc1. The highest BCUT2D eigenvalue weighted by atomic mass is 35.5. The van der Waals surface area contributed by atoms with Crippen LogP contribution in [0, 0.1) is 0 Å². The highest BCUT2D eigenvalue weighted by Gasteiger charge is 2.20. The number of benzene rings is 3. The van der Waals surface area contributed by atoms with Crippen LogP contribution in [0.2, 0.25) is 5.02 Å². The van der Waals surface area contributed by atoms with Crippen molar-refractivity contribution in [3.63, 3.8) is 0 Å². The van der Waals surface area contributed by atoms with E-state index in [1.165, 1.54) is 0 Å². The molecular formula is C26H29ClN2O4S2. The van der Waals surface area contributed by atoms with Crippen LogP contribution < -0.4 is 14.4 Å². The first kappa shape index (κ1) is 26.9. The topological polar surface area (TPSA) is 75.7 Å². The summed E-state index contributed by atoms with van der Waals surface area (Å²) >= 11 is 7.90. The third-order valence-corrected chi connectivity index (χ3v) is 7.67. The van der Waals surface area contributed by atoms with Gasteiger partial charge in [0.25, 0.3) is 0 Å².